The number of nitrogens with one attached hydrogen (secondary N) is 2. The number of carbonyl (C=O) groups is 1. The van der Waals surface area contributed by atoms with Crippen LogP contribution in [0.5, 0.6) is 0 Å². The maximum absolute atomic E-state index is 12.0. The highest BCUT2D eigenvalue weighted by atomic mass is 35.5. The minimum Gasteiger partial charge on any atom is -0.367 e. The highest BCUT2D eigenvalue weighted by Gasteiger charge is 2.28. The lowest BCUT2D eigenvalue weighted by Crippen LogP contribution is -2.49. The van der Waals surface area contributed by atoms with Crippen molar-refractivity contribution >= 4 is 18.3 Å². The Balaban J connectivity index is 0.00000288. The Hall–Kier alpha value is -1.31. The zero-order valence-electron chi connectivity index (χ0n) is 13.4. The Morgan fingerprint density at radius 3 is 2.38 bits per heavy atom. The fourth-order valence-corrected chi connectivity index (χ4v) is 2.27. The number of hydrogen-bond donors (Lipinski definition) is 2. The monoisotopic (exact) mass is 366 g/mol. The van der Waals surface area contributed by atoms with Crippen LogP contribution in [0.4, 0.5) is 13.2 Å². The normalized spacial score (nSPS) is 16.0. The van der Waals surface area contributed by atoms with Crippen LogP contribution in [0.2, 0.25) is 0 Å². The Morgan fingerprint density at radius 1 is 1.29 bits per heavy atom. The average Bonchev–Trinajstić information content (AvgIpc) is 2.43. The molecule has 0 bridgehead atoms. The molecule has 1 aromatic rings. The van der Waals surface area contributed by atoms with Gasteiger partial charge in [0.2, 0.25) is 5.91 Å². The first-order valence-electron chi connectivity index (χ1n) is 7.56. The highest BCUT2D eigenvalue weighted by molar-refractivity contribution is 5.85. The Labute approximate surface area is 145 Å². The van der Waals surface area contributed by atoms with Gasteiger partial charge in [-0.05, 0) is 30.1 Å². The van der Waals surface area contributed by atoms with Crippen molar-refractivity contribution in [3.63, 3.8) is 0 Å². The largest absolute Gasteiger partial charge is 0.411 e. The van der Waals surface area contributed by atoms with Crippen molar-refractivity contribution in [3.8, 4) is 0 Å². The Morgan fingerprint density at radius 2 is 1.88 bits per heavy atom. The zero-order chi connectivity index (χ0) is 16.9. The number of alkyl halides is 3. The van der Waals surface area contributed by atoms with Crippen LogP contribution in [-0.2, 0) is 22.7 Å². The summed E-state index contributed by atoms with van der Waals surface area (Å²) in [4.78, 5) is 12.0. The summed E-state index contributed by atoms with van der Waals surface area (Å²) in [5.41, 5.74) is 1.56. The van der Waals surface area contributed by atoms with Gasteiger partial charge >= 0.3 is 6.18 Å². The highest BCUT2D eigenvalue weighted by Crippen LogP contribution is 2.17. The summed E-state index contributed by atoms with van der Waals surface area (Å²) in [7, 11) is 0. The lowest BCUT2D eigenvalue weighted by atomic mass is 9.88. The summed E-state index contributed by atoms with van der Waals surface area (Å²) in [6.07, 6.45) is -4.31. The second-order valence-electron chi connectivity index (χ2n) is 5.85. The number of halogens is 4. The van der Waals surface area contributed by atoms with E-state index in [4.69, 9.17) is 0 Å². The molecule has 1 aliphatic heterocycles. The SMILES string of the molecule is CC(C(=O)NCc1ccc(COCC(F)(F)F)cc1)C1CNC1.Cl. The molecule has 1 unspecified atom stereocenters. The summed E-state index contributed by atoms with van der Waals surface area (Å²) < 4.78 is 40.5. The predicted octanol–water partition coefficient (Wildman–Crippen LogP) is 2.66. The Bertz CT molecular complexity index is 519. The standard InChI is InChI=1S/C16H21F3N2O2.ClH/c1-11(14-7-20-8-14)15(22)21-6-12-2-4-13(5-3-12)9-23-10-16(17,18)19;/h2-5,11,14,20H,6-10H2,1H3,(H,21,22);1H. The molecule has 0 aliphatic carbocycles. The van der Waals surface area contributed by atoms with Crippen LogP contribution in [0.25, 0.3) is 0 Å². The third-order valence-electron chi connectivity index (χ3n) is 3.96. The molecule has 24 heavy (non-hydrogen) atoms. The van der Waals surface area contributed by atoms with Gasteiger partial charge in [0.1, 0.15) is 6.61 Å². The number of amides is 1. The van der Waals surface area contributed by atoms with E-state index in [1.54, 1.807) is 24.3 Å². The van der Waals surface area contributed by atoms with E-state index in [9.17, 15) is 18.0 Å². The number of rotatable bonds is 7. The molecule has 4 nitrogen and oxygen atoms in total. The third-order valence-corrected chi connectivity index (χ3v) is 3.96. The molecule has 1 atom stereocenters. The van der Waals surface area contributed by atoms with Crippen molar-refractivity contribution in [2.75, 3.05) is 19.7 Å². The molecule has 2 rings (SSSR count). The van der Waals surface area contributed by atoms with Crippen molar-refractivity contribution in [2.45, 2.75) is 26.3 Å². The van der Waals surface area contributed by atoms with Crippen LogP contribution < -0.4 is 10.6 Å². The van der Waals surface area contributed by atoms with Gasteiger partial charge in [0.25, 0.3) is 0 Å². The van der Waals surface area contributed by atoms with E-state index in [0.717, 1.165) is 18.7 Å². The van der Waals surface area contributed by atoms with E-state index in [-0.39, 0.29) is 30.8 Å². The van der Waals surface area contributed by atoms with E-state index in [1.165, 1.54) is 0 Å². The molecule has 1 aliphatic rings. The molecule has 1 amide bonds. The molecule has 2 N–H and O–H groups in total. The van der Waals surface area contributed by atoms with Gasteiger partial charge in [0.05, 0.1) is 6.61 Å². The van der Waals surface area contributed by atoms with E-state index in [1.807, 2.05) is 6.92 Å². The average molecular weight is 367 g/mol. The number of carbonyl (C=O) groups excluding carboxylic acids is 1. The van der Waals surface area contributed by atoms with Gasteiger partial charge < -0.3 is 15.4 Å². The van der Waals surface area contributed by atoms with E-state index in [0.29, 0.717) is 18.0 Å². The lowest BCUT2D eigenvalue weighted by Gasteiger charge is -2.31. The minimum absolute atomic E-state index is 0. The van der Waals surface area contributed by atoms with Crippen LogP contribution in [-0.4, -0.2) is 31.8 Å². The number of hydrogen-bond acceptors (Lipinski definition) is 3. The van der Waals surface area contributed by atoms with E-state index < -0.39 is 12.8 Å². The summed E-state index contributed by atoms with van der Waals surface area (Å²) >= 11 is 0. The third kappa shape index (κ3) is 6.67. The van der Waals surface area contributed by atoms with Crippen molar-refractivity contribution in [1.82, 2.24) is 10.6 Å². The summed E-state index contributed by atoms with van der Waals surface area (Å²) in [5, 5.41) is 6.02. The van der Waals surface area contributed by atoms with Crippen molar-refractivity contribution in [1.29, 1.82) is 0 Å². The molecule has 0 spiro atoms. The van der Waals surface area contributed by atoms with Gasteiger partial charge in [-0.2, -0.15) is 13.2 Å². The molecular formula is C16H22ClF3N2O2. The lowest BCUT2D eigenvalue weighted by molar-refractivity contribution is -0.176. The second kappa shape index (κ2) is 9.25. The Kier molecular flexibility index (Phi) is 7.99. The summed E-state index contributed by atoms with van der Waals surface area (Å²) in [6.45, 7) is 2.74. The number of ether oxygens (including phenoxy) is 1. The van der Waals surface area contributed by atoms with Crippen LogP contribution in [0.15, 0.2) is 24.3 Å². The van der Waals surface area contributed by atoms with Gasteiger partial charge in [-0.15, -0.1) is 12.4 Å². The first-order chi connectivity index (χ1) is 10.8. The van der Waals surface area contributed by atoms with E-state index in [2.05, 4.69) is 15.4 Å². The first-order valence-corrected chi connectivity index (χ1v) is 7.56. The quantitative estimate of drug-likeness (QED) is 0.780. The molecular weight excluding hydrogens is 345 g/mol. The van der Waals surface area contributed by atoms with Crippen molar-refractivity contribution < 1.29 is 22.7 Å². The molecule has 136 valence electrons. The first kappa shape index (κ1) is 20.7. The summed E-state index contributed by atoms with van der Waals surface area (Å²) in [6, 6.07) is 6.97. The number of benzene rings is 1. The fraction of sp³-hybridized carbons (Fsp3) is 0.562. The second-order valence-corrected chi connectivity index (χ2v) is 5.85. The fourth-order valence-electron chi connectivity index (χ4n) is 2.27. The van der Waals surface area contributed by atoms with Gasteiger partial charge in [-0.25, -0.2) is 0 Å². The van der Waals surface area contributed by atoms with Gasteiger partial charge in [-0.3, -0.25) is 4.79 Å². The molecule has 8 heteroatoms. The molecule has 1 heterocycles. The van der Waals surface area contributed by atoms with Crippen LogP contribution in [0.3, 0.4) is 0 Å². The predicted molar refractivity (Wildman–Crippen MR) is 86.8 cm³/mol. The molecule has 0 aromatic heterocycles. The minimum atomic E-state index is -4.31. The maximum atomic E-state index is 12.0. The topological polar surface area (TPSA) is 50.4 Å². The molecule has 0 radical (unpaired) electrons. The van der Waals surface area contributed by atoms with Crippen LogP contribution >= 0.6 is 12.4 Å². The summed E-state index contributed by atoms with van der Waals surface area (Å²) in [5.74, 6) is 0.392. The smallest absolute Gasteiger partial charge is 0.367 e. The molecule has 1 aromatic carbocycles. The van der Waals surface area contributed by atoms with Crippen molar-refractivity contribution in [3.05, 3.63) is 35.4 Å². The van der Waals surface area contributed by atoms with Crippen LogP contribution in [0, 0.1) is 11.8 Å². The molecule has 1 saturated heterocycles. The zero-order valence-corrected chi connectivity index (χ0v) is 14.2. The van der Waals surface area contributed by atoms with Gasteiger partial charge in [-0.1, -0.05) is 31.2 Å². The molecule has 1 fully saturated rings. The van der Waals surface area contributed by atoms with E-state index >= 15 is 0 Å². The van der Waals surface area contributed by atoms with Gasteiger partial charge in [0, 0.05) is 12.5 Å². The van der Waals surface area contributed by atoms with Gasteiger partial charge in [0.15, 0.2) is 0 Å². The molecule has 0 saturated carbocycles. The maximum Gasteiger partial charge on any atom is 0.411 e. The van der Waals surface area contributed by atoms with Crippen molar-refractivity contribution in [2.24, 2.45) is 11.8 Å². The van der Waals surface area contributed by atoms with Crippen LogP contribution in [0.1, 0.15) is 18.1 Å².